The molecule has 108 valence electrons. The molecular formula is C14H19N3O2S. The maximum Gasteiger partial charge on any atom is 0.308 e. The number of fused-ring (bicyclic) bond motifs is 1. The second-order valence-corrected chi connectivity index (χ2v) is 6.09. The Bertz CT molecular complexity index is 624. The Labute approximate surface area is 122 Å². The quantitative estimate of drug-likeness (QED) is 0.855. The van der Waals surface area contributed by atoms with E-state index in [0.717, 1.165) is 28.0 Å². The topological polar surface area (TPSA) is 75.1 Å². The predicted octanol–water partition coefficient (Wildman–Crippen LogP) is 3.22. The first-order valence-electron chi connectivity index (χ1n) is 6.72. The van der Waals surface area contributed by atoms with Gasteiger partial charge < -0.3 is 10.4 Å². The Hall–Kier alpha value is -1.69. The molecule has 2 aromatic heterocycles. The summed E-state index contributed by atoms with van der Waals surface area (Å²) in [7, 11) is 0. The van der Waals surface area contributed by atoms with Crippen molar-refractivity contribution >= 4 is 33.3 Å². The highest BCUT2D eigenvalue weighted by molar-refractivity contribution is 7.18. The Morgan fingerprint density at radius 2 is 2.20 bits per heavy atom. The Morgan fingerprint density at radius 3 is 2.85 bits per heavy atom. The van der Waals surface area contributed by atoms with Gasteiger partial charge in [-0.25, -0.2) is 9.97 Å². The smallest absolute Gasteiger partial charge is 0.308 e. The molecule has 0 aliphatic carbocycles. The third-order valence-corrected chi connectivity index (χ3v) is 4.58. The van der Waals surface area contributed by atoms with E-state index in [1.165, 1.54) is 11.2 Å². The van der Waals surface area contributed by atoms with Crippen LogP contribution >= 0.6 is 11.3 Å². The van der Waals surface area contributed by atoms with E-state index in [9.17, 15) is 9.90 Å². The lowest BCUT2D eigenvalue weighted by Crippen LogP contribution is -2.23. The van der Waals surface area contributed by atoms with Crippen LogP contribution in [0.3, 0.4) is 0 Å². The maximum atomic E-state index is 11.2. The minimum atomic E-state index is -0.761. The molecule has 1 unspecified atom stereocenters. The van der Waals surface area contributed by atoms with E-state index >= 15 is 0 Å². The summed E-state index contributed by atoms with van der Waals surface area (Å²) < 4.78 is 0. The van der Waals surface area contributed by atoms with Crippen LogP contribution in [0.2, 0.25) is 0 Å². The van der Waals surface area contributed by atoms with Crippen molar-refractivity contribution in [3.8, 4) is 0 Å². The molecule has 0 aliphatic rings. The summed E-state index contributed by atoms with van der Waals surface area (Å²) in [5, 5.41) is 13.4. The summed E-state index contributed by atoms with van der Waals surface area (Å²) in [6.07, 6.45) is 3.04. The Kier molecular flexibility index (Phi) is 4.54. The van der Waals surface area contributed by atoms with Crippen LogP contribution in [0.5, 0.6) is 0 Å². The molecule has 2 rings (SSSR count). The summed E-state index contributed by atoms with van der Waals surface area (Å²) in [5.74, 6) is -0.410. The largest absolute Gasteiger partial charge is 0.481 e. The van der Waals surface area contributed by atoms with Crippen LogP contribution in [-0.4, -0.2) is 27.6 Å². The zero-order valence-corrected chi connectivity index (χ0v) is 12.8. The molecule has 5 nitrogen and oxygen atoms in total. The number of nitrogens with one attached hydrogen (secondary N) is 1. The van der Waals surface area contributed by atoms with Gasteiger partial charge in [-0.3, -0.25) is 4.79 Å². The standard InChI is InChI=1S/C14H19N3O2S/c1-4-5-10(14(18)19)6-15-12-11-8(2)9(3)20-13(11)17-7-16-12/h7,10H,4-6H2,1-3H3,(H,18,19)(H,15,16,17). The van der Waals surface area contributed by atoms with Crippen LogP contribution < -0.4 is 5.32 Å². The fourth-order valence-electron chi connectivity index (χ4n) is 2.20. The second-order valence-electron chi connectivity index (χ2n) is 4.89. The van der Waals surface area contributed by atoms with Crippen molar-refractivity contribution in [1.29, 1.82) is 0 Å². The van der Waals surface area contributed by atoms with Gasteiger partial charge in [-0.1, -0.05) is 13.3 Å². The zero-order valence-electron chi connectivity index (χ0n) is 11.9. The van der Waals surface area contributed by atoms with Crippen LogP contribution in [0, 0.1) is 19.8 Å². The van der Waals surface area contributed by atoms with Crippen molar-refractivity contribution < 1.29 is 9.90 Å². The van der Waals surface area contributed by atoms with Gasteiger partial charge in [-0.05, 0) is 25.8 Å². The average molecular weight is 293 g/mol. The van der Waals surface area contributed by atoms with Gasteiger partial charge in [0.25, 0.3) is 0 Å². The van der Waals surface area contributed by atoms with Gasteiger partial charge in [0.15, 0.2) is 0 Å². The number of aromatic nitrogens is 2. The minimum Gasteiger partial charge on any atom is -0.481 e. The fraction of sp³-hybridized carbons (Fsp3) is 0.500. The van der Waals surface area contributed by atoms with Gasteiger partial charge in [0, 0.05) is 11.4 Å². The Morgan fingerprint density at radius 1 is 1.45 bits per heavy atom. The molecule has 20 heavy (non-hydrogen) atoms. The van der Waals surface area contributed by atoms with E-state index in [2.05, 4.69) is 22.2 Å². The van der Waals surface area contributed by atoms with E-state index in [-0.39, 0.29) is 5.92 Å². The van der Waals surface area contributed by atoms with Crippen molar-refractivity contribution in [2.24, 2.45) is 5.92 Å². The van der Waals surface area contributed by atoms with E-state index in [0.29, 0.717) is 13.0 Å². The van der Waals surface area contributed by atoms with Crippen molar-refractivity contribution in [2.45, 2.75) is 33.6 Å². The summed E-state index contributed by atoms with van der Waals surface area (Å²) in [6, 6.07) is 0. The second kappa shape index (κ2) is 6.17. The maximum absolute atomic E-state index is 11.2. The van der Waals surface area contributed by atoms with E-state index in [4.69, 9.17) is 0 Å². The first-order valence-corrected chi connectivity index (χ1v) is 7.53. The van der Waals surface area contributed by atoms with Gasteiger partial charge >= 0.3 is 5.97 Å². The van der Waals surface area contributed by atoms with Gasteiger partial charge in [-0.2, -0.15) is 0 Å². The number of nitrogens with zero attached hydrogens (tertiary/aromatic N) is 2. The predicted molar refractivity (Wildman–Crippen MR) is 81.4 cm³/mol. The highest BCUT2D eigenvalue weighted by Crippen LogP contribution is 2.32. The van der Waals surface area contributed by atoms with Gasteiger partial charge in [-0.15, -0.1) is 11.3 Å². The molecule has 2 heterocycles. The lowest BCUT2D eigenvalue weighted by Gasteiger charge is -2.13. The number of thiophene rings is 1. The summed E-state index contributed by atoms with van der Waals surface area (Å²) in [6.45, 7) is 6.49. The minimum absolute atomic E-state index is 0.384. The lowest BCUT2D eigenvalue weighted by atomic mass is 10.0. The van der Waals surface area contributed by atoms with E-state index in [1.54, 1.807) is 11.3 Å². The highest BCUT2D eigenvalue weighted by atomic mass is 32.1. The molecule has 0 saturated heterocycles. The van der Waals surface area contributed by atoms with Crippen LogP contribution in [0.1, 0.15) is 30.2 Å². The van der Waals surface area contributed by atoms with E-state index in [1.807, 2.05) is 13.8 Å². The number of hydrogen-bond donors (Lipinski definition) is 2. The van der Waals surface area contributed by atoms with Crippen molar-refractivity contribution in [3.05, 3.63) is 16.8 Å². The molecule has 0 aromatic carbocycles. The lowest BCUT2D eigenvalue weighted by molar-refractivity contribution is -0.141. The third kappa shape index (κ3) is 2.90. The number of rotatable bonds is 6. The number of carboxylic acids is 1. The molecule has 0 radical (unpaired) electrons. The monoisotopic (exact) mass is 293 g/mol. The number of anilines is 1. The highest BCUT2D eigenvalue weighted by Gasteiger charge is 2.18. The van der Waals surface area contributed by atoms with Crippen LogP contribution in [0.15, 0.2) is 6.33 Å². The van der Waals surface area contributed by atoms with Gasteiger partial charge in [0.05, 0.1) is 11.3 Å². The molecule has 2 N–H and O–H groups in total. The molecule has 0 spiro atoms. The molecule has 1 atom stereocenters. The summed E-state index contributed by atoms with van der Waals surface area (Å²) in [5.41, 5.74) is 1.16. The van der Waals surface area contributed by atoms with Gasteiger partial charge in [0.1, 0.15) is 17.0 Å². The number of aryl methyl sites for hydroxylation is 2. The van der Waals surface area contributed by atoms with Crippen molar-refractivity contribution in [2.75, 3.05) is 11.9 Å². The van der Waals surface area contributed by atoms with Crippen molar-refractivity contribution in [1.82, 2.24) is 9.97 Å². The van der Waals surface area contributed by atoms with Crippen molar-refractivity contribution in [3.63, 3.8) is 0 Å². The molecular weight excluding hydrogens is 274 g/mol. The molecule has 0 bridgehead atoms. The third-order valence-electron chi connectivity index (χ3n) is 3.47. The average Bonchev–Trinajstić information content (AvgIpc) is 2.70. The SMILES string of the molecule is CCCC(CNc1ncnc2sc(C)c(C)c12)C(=O)O. The molecule has 6 heteroatoms. The molecule has 0 saturated carbocycles. The van der Waals surface area contributed by atoms with Crippen LogP contribution in [-0.2, 0) is 4.79 Å². The summed E-state index contributed by atoms with van der Waals surface area (Å²) >= 11 is 1.64. The first kappa shape index (κ1) is 14.7. The van der Waals surface area contributed by atoms with Gasteiger partial charge in [0.2, 0.25) is 0 Å². The van der Waals surface area contributed by atoms with Crippen LogP contribution in [0.4, 0.5) is 5.82 Å². The number of carbonyl (C=O) groups is 1. The normalized spacial score (nSPS) is 12.6. The summed E-state index contributed by atoms with van der Waals surface area (Å²) in [4.78, 5) is 21.9. The number of hydrogen-bond acceptors (Lipinski definition) is 5. The molecule has 0 amide bonds. The number of carboxylic acid groups (broad SMARTS) is 1. The van der Waals surface area contributed by atoms with E-state index < -0.39 is 5.97 Å². The molecule has 0 aliphatic heterocycles. The zero-order chi connectivity index (χ0) is 14.7. The fourth-order valence-corrected chi connectivity index (χ4v) is 3.19. The molecule has 0 fully saturated rings. The number of aliphatic carboxylic acids is 1. The molecule has 2 aromatic rings. The van der Waals surface area contributed by atoms with Crippen LogP contribution in [0.25, 0.3) is 10.2 Å². The Balaban J connectivity index is 2.23. The first-order chi connectivity index (χ1) is 9.54.